The van der Waals surface area contributed by atoms with Gasteiger partial charge in [0.1, 0.15) is 4.90 Å². The van der Waals surface area contributed by atoms with Crippen LogP contribution in [-0.2, 0) is 17.1 Å². The molecule has 0 atom stereocenters. The molecule has 0 saturated carbocycles. The Balaban J connectivity index is 1.63. The maximum Gasteiger partial charge on any atom is 0.333 e. The fourth-order valence-corrected chi connectivity index (χ4v) is 3.82. The number of aryl methyl sites for hydroxylation is 1. The van der Waals surface area contributed by atoms with Crippen molar-refractivity contribution >= 4 is 26.6 Å². The normalized spacial score (nSPS) is 12.0. The lowest BCUT2D eigenvalue weighted by Crippen LogP contribution is -2.14. The molecule has 0 aliphatic carbocycles. The second-order valence-electron chi connectivity index (χ2n) is 5.98. The van der Waals surface area contributed by atoms with Gasteiger partial charge in [0.15, 0.2) is 0 Å². The van der Waals surface area contributed by atoms with Gasteiger partial charge in [0.25, 0.3) is 10.0 Å². The van der Waals surface area contributed by atoms with Gasteiger partial charge in [0.2, 0.25) is 0 Å². The van der Waals surface area contributed by atoms with Crippen LogP contribution in [0.15, 0.2) is 60.0 Å². The van der Waals surface area contributed by atoms with E-state index in [2.05, 4.69) is 19.9 Å². The number of aromatic nitrogens is 5. The lowest BCUT2D eigenvalue weighted by Gasteiger charge is -2.10. The van der Waals surface area contributed by atoms with Gasteiger partial charge in [0, 0.05) is 30.4 Å². The minimum atomic E-state index is -3.90. The van der Waals surface area contributed by atoms with Gasteiger partial charge >= 0.3 is 6.55 Å². The molecule has 0 spiro atoms. The van der Waals surface area contributed by atoms with Gasteiger partial charge in [-0.2, -0.15) is 19.0 Å². The van der Waals surface area contributed by atoms with Crippen LogP contribution in [0.1, 0.15) is 6.55 Å². The van der Waals surface area contributed by atoms with Crippen LogP contribution in [-0.4, -0.2) is 33.0 Å². The summed E-state index contributed by atoms with van der Waals surface area (Å²) in [5, 5.41) is 8.46. The van der Waals surface area contributed by atoms with Crippen molar-refractivity contribution in [2.45, 2.75) is 11.4 Å². The number of sulfonamides is 1. The Hall–Kier alpha value is -3.34. The SMILES string of the molecule is Cn1ncc2cccc(NS(=O)(=O)c3ccc(-c4cnn(C(F)F)c4)nc3)c21. The molecule has 0 unspecified atom stereocenters. The highest BCUT2D eigenvalue weighted by atomic mass is 32.2. The Morgan fingerprint density at radius 2 is 1.89 bits per heavy atom. The maximum absolute atomic E-state index is 12.7. The number of hydrogen-bond acceptors (Lipinski definition) is 5. The van der Waals surface area contributed by atoms with Crippen LogP contribution in [0.3, 0.4) is 0 Å². The van der Waals surface area contributed by atoms with Gasteiger partial charge in [0.05, 0.1) is 29.3 Å². The Morgan fingerprint density at radius 3 is 2.57 bits per heavy atom. The highest BCUT2D eigenvalue weighted by molar-refractivity contribution is 7.92. The number of fused-ring (bicyclic) bond motifs is 1. The van der Waals surface area contributed by atoms with Crippen LogP contribution in [0.5, 0.6) is 0 Å². The smallest absolute Gasteiger partial charge is 0.277 e. The van der Waals surface area contributed by atoms with Gasteiger partial charge in [-0.15, -0.1) is 0 Å². The summed E-state index contributed by atoms with van der Waals surface area (Å²) in [6.45, 7) is -2.76. The summed E-state index contributed by atoms with van der Waals surface area (Å²) in [6, 6.07) is 7.99. The number of pyridine rings is 1. The molecular weight excluding hydrogens is 390 g/mol. The zero-order valence-corrected chi connectivity index (χ0v) is 15.3. The van der Waals surface area contributed by atoms with E-state index in [0.29, 0.717) is 27.1 Å². The molecule has 144 valence electrons. The van der Waals surface area contributed by atoms with Crippen LogP contribution < -0.4 is 4.72 Å². The fourth-order valence-electron chi connectivity index (χ4n) is 2.81. The van der Waals surface area contributed by atoms with E-state index in [-0.39, 0.29) is 4.90 Å². The number of benzene rings is 1. The lowest BCUT2D eigenvalue weighted by molar-refractivity contribution is 0.0566. The minimum Gasteiger partial charge on any atom is -0.277 e. The first kappa shape index (κ1) is 18.0. The summed E-state index contributed by atoms with van der Waals surface area (Å²) < 4.78 is 55.3. The molecule has 0 bridgehead atoms. The second-order valence-corrected chi connectivity index (χ2v) is 7.67. The molecule has 11 heteroatoms. The molecular formula is C17H14F2N6O2S. The van der Waals surface area contributed by atoms with Gasteiger partial charge in [-0.05, 0) is 18.2 Å². The monoisotopic (exact) mass is 404 g/mol. The zero-order chi connectivity index (χ0) is 19.9. The molecule has 4 rings (SSSR count). The van der Waals surface area contributed by atoms with Crippen LogP contribution in [0.2, 0.25) is 0 Å². The highest BCUT2D eigenvalue weighted by Crippen LogP contribution is 2.26. The number of nitrogens with one attached hydrogen (secondary N) is 1. The van der Waals surface area contributed by atoms with Crippen molar-refractivity contribution in [1.29, 1.82) is 0 Å². The molecule has 28 heavy (non-hydrogen) atoms. The quantitative estimate of drug-likeness (QED) is 0.552. The first-order valence-corrected chi connectivity index (χ1v) is 9.56. The van der Waals surface area contributed by atoms with Gasteiger partial charge < -0.3 is 0 Å². The van der Waals surface area contributed by atoms with Crippen molar-refractivity contribution in [3.8, 4) is 11.3 Å². The van der Waals surface area contributed by atoms with E-state index in [4.69, 9.17) is 0 Å². The third kappa shape index (κ3) is 3.20. The van der Waals surface area contributed by atoms with Gasteiger partial charge in [-0.25, -0.2) is 13.1 Å². The largest absolute Gasteiger partial charge is 0.333 e. The number of halogens is 2. The average Bonchev–Trinajstić information content (AvgIpc) is 3.30. The zero-order valence-electron chi connectivity index (χ0n) is 14.5. The van der Waals surface area contributed by atoms with Crippen molar-refractivity contribution in [1.82, 2.24) is 24.5 Å². The van der Waals surface area contributed by atoms with Crippen LogP contribution in [0.4, 0.5) is 14.5 Å². The fraction of sp³-hybridized carbons (Fsp3) is 0.118. The molecule has 0 amide bonds. The highest BCUT2D eigenvalue weighted by Gasteiger charge is 2.18. The van der Waals surface area contributed by atoms with Crippen LogP contribution in [0, 0.1) is 0 Å². The topological polar surface area (TPSA) is 94.7 Å². The molecule has 0 radical (unpaired) electrons. The van der Waals surface area contributed by atoms with E-state index in [1.807, 2.05) is 6.07 Å². The van der Waals surface area contributed by atoms with Crippen LogP contribution >= 0.6 is 0 Å². The second kappa shape index (κ2) is 6.68. The summed E-state index contributed by atoms with van der Waals surface area (Å²) in [4.78, 5) is 4.01. The maximum atomic E-state index is 12.7. The van der Waals surface area contributed by atoms with Crippen molar-refractivity contribution in [2.75, 3.05) is 4.72 Å². The summed E-state index contributed by atoms with van der Waals surface area (Å²) in [7, 11) is -2.18. The number of alkyl halides is 2. The Bertz CT molecular complexity index is 1250. The average molecular weight is 404 g/mol. The van der Waals surface area contributed by atoms with E-state index < -0.39 is 16.6 Å². The van der Waals surface area contributed by atoms with Crippen molar-refractivity contribution < 1.29 is 17.2 Å². The van der Waals surface area contributed by atoms with E-state index in [1.165, 1.54) is 24.5 Å². The Labute approximate surface area is 158 Å². The predicted octanol–water partition coefficient (Wildman–Crippen LogP) is 3.03. The molecule has 0 aliphatic heterocycles. The standard InChI is InChI=1S/C17H14F2N6O2S/c1-24-16-11(7-21-24)3-2-4-15(16)23-28(26,27)13-5-6-14(20-9-13)12-8-22-25(10-12)17(18)19/h2-10,17,23H,1H3. The first-order chi connectivity index (χ1) is 13.3. The number of hydrogen-bond donors (Lipinski definition) is 1. The molecule has 1 aromatic carbocycles. The molecule has 3 aromatic heterocycles. The summed E-state index contributed by atoms with van der Waals surface area (Å²) in [6.07, 6.45) is 5.19. The first-order valence-electron chi connectivity index (χ1n) is 8.07. The van der Waals surface area contributed by atoms with E-state index in [0.717, 1.165) is 11.6 Å². The molecule has 0 aliphatic rings. The molecule has 8 nitrogen and oxygen atoms in total. The van der Waals surface area contributed by atoms with E-state index in [9.17, 15) is 17.2 Å². The summed E-state index contributed by atoms with van der Waals surface area (Å²) in [5.74, 6) is 0. The Morgan fingerprint density at radius 1 is 1.07 bits per heavy atom. The van der Waals surface area contributed by atoms with E-state index >= 15 is 0 Å². The third-order valence-electron chi connectivity index (χ3n) is 4.15. The molecule has 1 N–H and O–H groups in total. The summed E-state index contributed by atoms with van der Waals surface area (Å²) in [5.41, 5.74) is 1.73. The van der Waals surface area contributed by atoms with Gasteiger partial charge in [-0.1, -0.05) is 12.1 Å². The van der Waals surface area contributed by atoms with Crippen molar-refractivity contribution in [2.24, 2.45) is 7.05 Å². The van der Waals surface area contributed by atoms with Crippen molar-refractivity contribution in [3.05, 3.63) is 55.1 Å². The number of nitrogens with zero attached hydrogens (tertiary/aromatic N) is 5. The Kier molecular flexibility index (Phi) is 4.30. The van der Waals surface area contributed by atoms with Gasteiger partial charge in [-0.3, -0.25) is 14.4 Å². The number of rotatable bonds is 5. The number of anilines is 1. The molecule has 0 fully saturated rings. The predicted molar refractivity (Wildman–Crippen MR) is 98.2 cm³/mol. The third-order valence-corrected chi connectivity index (χ3v) is 5.50. The van der Waals surface area contributed by atoms with E-state index in [1.54, 1.807) is 30.1 Å². The van der Waals surface area contributed by atoms with Crippen molar-refractivity contribution in [3.63, 3.8) is 0 Å². The molecule has 0 saturated heterocycles. The molecule has 3 heterocycles. The minimum absolute atomic E-state index is 0.0586. The summed E-state index contributed by atoms with van der Waals surface area (Å²) >= 11 is 0. The number of para-hydroxylation sites is 1. The molecule has 4 aromatic rings. The van der Waals surface area contributed by atoms with Crippen LogP contribution in [0.25, 0.3) is 22.2 Å². The lowest BCUT2D eigenvalue weighted by atomic mass is 10.2.